The predicted octanol–water partition coefficient (Wildman–Crippen LogP) is -0.0504. The average molecular weight is 137 g/mol. The van der Waals surface area contributed by atoms with E-state index in [4.69, 9.17) is 0 Å². The van der Waals surface area contributed by atoms with Crippen LogP contribution in [0.3, 0.4) is 0 Å². The van der Waals surface area contributed by atoms with E-state index in [0.717, 1.165) is 0 Å². The van der Waals surface area contributed by atoms with E-state index in [2.05, 4.69) is 15.5 Å². The summed E-state index contributed by atoms with van der Waals surface area (Å²) >= 11 is 0. The van der Waals surface area contributed by atoms with Crippen molar-refractivity contribution < 1.29 is 13.2 Å². The third kappa shape index (κ3) is 1.15. The first-order valence-electron chi connectivity index (χ1n) is 1.84. The molecule has 0 spiro atoms. The highest BCUT2D eigenvalue weighted by Gasteiger charge is 2.32. The number of alkyl halides is 3. The van der Waals surface area contributed by atoms with Crippen LogP contribution in [0, 0.1) is 6.33 Å². The number of hydrogen-bond donors (Lipinski definition) is 0. The molecule has 0 amide bonds. The fourth-order valence-electron chi connectivity index (χ4n) is 0.250. The van der Waals surface area contributed by atoms with Gasteiger partial charge in [0.15, 0.2) is 0 Å². The fourth-order valence-corrected chi connectivity index (χ4v) is 0.250. The van der Waals surface area contributed by atoms with Crippen LogP contribution in [0.4, 0.5) is 13.2 Å². The molecule has 7 heteroatoms. The largest absolute Gasteiger partial charge is 0.508 e. The van der Waals surface area contributed by atoms with Crippen LogP contribution in [-0.2, 0) is 6.30 Å². The quantitative estimate of drug-likeness (QED) is 0.503. The Morgan fingerprint density at radius 1 is 1.33 bits per heavy atom. The van der Waals surface area contributed by atoms with E-state index in [0.29, 0.717) is 0 Å². The van der Waals surface area contributed by atoms with Gasteiger partial charge in [-0.2, -0.15) is 0 Å². The van der Waals surface area contributed by atoms with Crippen LogP contribution in [0.2, 0.25) is 0 Å². The number of halogens is 3. The molecule has 0 unspecified atom stereocenters. The maximum Gasteiger partial charge on any atom is 0.508 e. The second-order valence-electron chi connectivity index (χ2n) is 1.16. The van der Waals surface area contributed by atoms with E-state index in [9.17, 15) is 13.2 Å². The van der Waals surface area contributed by atoms with Crippen molar-refractivity contribution in [1.82, 2.24) is 20.2 Å². The normalized spacial score (nSPS) is 11.9. The molecule has 0 saturated carbocycles. The second kappa shape index (κ2) is 1.67. The van der Waals surface area contributed by atoms with Gasteiger partial charge in [-0.1, -0.05) is 0 Å². The van der Waals surface area contributed by atoms with E-state index in [1.165, 1.54) is 6.33 Å². The summed E-state index contributed by atoms with van der Waals surface area (Å²) in [5, 5.41) is 7.98. The minimum absolute atomic E-state index is 0.410. The van der Waals surface area contributed by atoms with Gasteiger partial charge in [0.1, 0.15) is 0 Å². The molecule has 0 aliphatic heterocycles. The standard InChI is InChI=1S/C2F3N4/c3-2(4,5)9-1-6-7-8-9. The van der Waals surface area contributed by atoms with Crippen molar-refractivity contribution in [3.63, 3.8) is 0 Å². The van der Waals surface area contributed by atoms with Gasteiger partial charge in [-0.05, 0) is 10.4 Å². The molecule has 1 heterocycles. The first-order valence-corrected chi connectivity index (χ1v) is 1.84. The lowest BCUT2D eigenvalue weighted by Gasteiger charge is -1.99. The van der Waals surface area contributed by atoms with Gasteiger partial charge < -0.3 is 0 Å². The molecular formula is C2F3N4. The Bertz CT molecular complexity index is 176. The van der Waals surface area contributed by atoms with Crippen LogP contribution in [0.1, 0.15) is 0 Å². The number of tetrazole rings is 1. The SMILES string of the molecule is FC(F)(F)n1[c]nnn1. The summed E-state index contributed by atoms with van der Waals surface area (Å²) in [6, 6.07) is 0. The van der Waals surface area contributed by atoms with Crippen molar-refractivity contribution in [3.8, 4) is 0 Å². The smallest absolute Gasteiger partial charge is 0.149 e. The molecule has 4 nitrogen and oxygen atoms in total. The molecule has 0 N–H and O–H groups in total. The summed E-state index contributed by atoms with van der Waals surface area (Å²) in [6.45, 7) is 0. The topological polar surface area (TPSA) is 43.6 Å². The molecule has 0 saturated heterocycles. The minimum Gasteiger partial charge on any atom is -0.149 e. The maximum absolute atomic E-state index is 11.4. The van der Waals surface area contributed by atoms with E-state index >= 15 is 0 Å². The molecule has 0 aliphatic carbocycles. The zero-order valence-corrected chi connectivity index (χ0v) is 3.92. The maximum atomic E-state index is 11.4. The number of rotatable bonds is 0. The van der Waals surface area contributed by atoms with Crippen molar-refractivity contribution in [2.24, 2.45) is 0 Å². The lowest BCUT2D eigenvalue weighted by Crippen LogP contribution is -2.17. The van der Waals surface area contributed by atoms with Crippen LogP contribution in [0.25, 0.3) is 0 Å². The minimum atomic E-state index is -4.55. The molecule has 0 aromatic carbocycles. The third-order valence-corrected chi connectivity index (χ3v) is 0.554. The molecule has 49 valence electrons. The Kier molecular flexibility index (Phi) is 1.11. The van der Waals surface area contributed by atoms with Gasteiger partial charge >= 0.3 is 6.30 Å². The van der Waals surface area contributed by atoms with Crippen LogP contribution >= 0.6 is 0 Å². The van der Waals surface area contributed by atoms with Gasteiger partial charge in [-0.3, -0.25) is 0 Å². The summed E-state index contributed by atoms with van der Waals surface area (Å²) < 4.78 is 33.8. The lowest BCUT2D eigenvalue weighted by molar-refractivity contribution is -0.213. The highest BCUT2D eigenvalue weighted by atomic mass is 19.4. The van der Waals surface area contributed by atoms with Crippen molar-refractivity contribution in [3.05, 3.63) is 6.33 Å². The summed E-state index contributed by atoms with van der Waals surface area (Å²) in [6.07, 6.45) is -3.06. The van der Waals surface area contributed by atoms with Crippen LogP contribution in [-0.4, -0.2) is 20.2 Å². The Labute approximate surface area is 47.3 Å². The molecule has 9 heavy (non-hydrogen) atoms. The van der Waals surface area contributed by atoms with Crippen LogP contribution in [0.15, 0.2) is 0 Å². The van der Waals surface area contributed by atoms with Gasteiger partial charge in [0, 0.05) is 0 Å². The van der Waals surface area contributed by atoms with E-state index < -0.39 is 11.0 Å². The summed E-state index contributed by atoms with van der Waals surface area (Å²) in [5.41, 5.74) is 0. The monoisotopic (exact) mass is 137 g/mol. The van der Waals surface area contributed by atoms with Gasteiger partial charge in [0.25, 0.3) is 0 Å². The fraction of sp³-hybridized carbons (Fsp3) is 0.500. The van der Waals surface area contributed by atoms with Crippen molar-refractivity contribution in [2.45, 2.75) is 6.30 Å². The Morgan fingerprint density at radius 3 is 2.22 bits per heavy atom. The first-order chi connectivity index (χ1) is 4.11. The molecule has 1 aromatic heterocycles. The number of hydrogen-bond acceptors (Lipinski definition) is 3. The molecule has 0 atom stereocenters. The van der Waals surface area contributed by atoms with Crippen molar-refractivity contribution >= 4 is 0 Å². The molecule has 0 aliphatic rings. The summed E-state index contributed by atoms with van der Waals surface area (Å²) in [7, 11) is 0. The summed E-state index contributed by atoms with van der Waals surface area (Å²) in [5.74, 6) is 0. The Hall–Kier alpha value is -1.14. The Morgan fingerprint density at radius 2 is 2.00 bits per heavy atom. The first kappa shape index (κ1) is 5.99. The predicted molar refractivity (Wildman–Crippen MR) is 18.0 cm³/mol. The number of nitrogens with zero attached hydrogens (tertiary/aromatic N) is 4. The van der Waals surface area contributed by atoms with Gasteiger partial charge in [-0.25, -0.2) is 0 Å². The third-order valence-electron chi connectivity index (χ3n) is 0.554. The highest BCUT2D eigenvalue weighted by molar-refractivity contribution is 4.46. The zero-order valence-electron chi connectivity index (χ0n) is 3.92. The van der Waals surface area contributed by atoms with Crippen molar-refractivity contribution in [2.75, 3.05) is 0 Å². The summed E-state index contributed by atoms with van der Waals surface area (Å²) in [4.78, 5) is 0. The number of aromatic nitrogens is 4. The zero-order chi connectivity index (χ0) is 6.91. The lowest BCUT2D eigenvalue weighted by atomic mass is 11.1. The highest BCUT2D eigenvalue weighted by Crippen LogP contribution is 2.18. The van der Waals surface area contributed by atoms with Gasteiger partial charge in [0.2, 0.25) is 6.33 Å². The van der Waals surface area contributed by atoms with E-state index in [-0.39, 0.29) is 0 Å². The van der Waals surface area contributed by atoms with Gasteiger partial charge in [-0.15, -0.1) is 23.0 Å². The van der Waals surface area contributed by atoms with Crippen molar-refractivity contribution in [1.29, 1.82) is 0 Å². The molecule has 0 fully saturated rings. The molecule has 0 bridgehead atoms. The molecule has 1 radical (unpaired) electrons. The molecule has 1 rings (SSSR count). The molecular weight excluding hydrogens is 137 g/mol. The Balaban J connectivity index is 2.90. The van der Waals surface area contributed by atoms with Crippen LogP contribution in [0.5, 0.6) is 0 Å². The van der Waals surface area contributed by atoms with E-state index in [1.807, 2.05) is 0 Å². The van der Waals surface area contributed by atoms with Gasteiger partial charge in [0.05, 0.1) is 0 Å². The molecule has 1 aromatic rings. The van der Waals surface area contributed by atoms with E-state index in [1.54, 1.807) is 0 Å². The second-order valence-corrected chi connectivity index (χ2v) is 1.16. The van der Waals surface area contributed by atoms with Crippen LogP contribution < -0.4 is 0 Å². The average Bonchev–Trinajstić information content (AvgIpc) is 2.08.